The lowest BCUT2D eigenvalue weighted by molar-refractivity contribution is 0.570. The maximum Gasteiger partial charge on any atom is 0.206 e. The second-order valence-electron chi connectivity index (χ2n) is 6.93. The number of pyridine rings is 1. The van der Waals surface area contributed by atoms with Crippen LogP contribution >= 0.6 is 0 Å². The lowest BCUT2D eigenvalue weighted by Crippen LogP contribution is -2.06. The number of benzene rings is 1. The minimum Gasteiger partial charge on any atom is -0.255 e. The van der Waals surface area contributed by atoms with Crippen molar-refractivity contribution in [3.05, 3.63) is 59.8 Å². The van der Waals surface area contributed by atoms with Crippen molar-refractivity contribution in [1.82, 2.24) is 40.4 Å². The van der Waals surface area contributed by atoms with Crippen molar-refractivity contribution in [3.63, 3.8) is 0 Å². The van der Waals surface area contributed by atoms with Gasteiger partial charge < -0.3 is 0 Å². The summed E-state index contributed by atoms with van der Waals surface area (Å²) in [4.78, 5) is 9.29. The van der Waals surface area contributed by atoms with Gasteiger partial charge in [-0.1, -0.05) is 38.1 Å². The van der Waals surface area contributed by atoms with Crippen LogP contribution in [0.25, 0.3) is 22.6 Å². The molecule has 0 saturated heterocycles. The largest absolute Gasteiger partial charge is 0.255 e. The van der Waals surface area contributed by atoms with Crippen LogP contribution in [-0.4, -0.2) is 40.4 Å². The number of aryl methyl sites for hydroxylation is 2. The van der Waals surface area contributed by atoms with Crippen molar-refractivity contribution in [3.8, 4) is 22.6 Å². The van der Waals surface area contributed by atoms with E-state index in [9.17, 15) is 0 Å². The van der Waals surface area contributed by atoms with Gasteiger partial charge >= 0.3 is 0 Å². The van der Waals surface area contributed by atoms with Gasteiger partial charge in [-0.25, -0.2) is 9.67 Å². The van der Waals surface area contributed by atoms with Gasteiger partial charge in [0.2, 0.25) is 5.82 Å². The van der Waals surface area contributed by atoms with Crippen molar-refractivity contribution in [1.29, 1.82) is 0 Å². The van der Waals surface area contributed by atoms with Gasteiger partial charge in [-0.05, 0) is 35.8 Å². The van der Waals surface area contributed by atoms with Crippen LogP contribution in [0.3, 0.4) is 0 Å². The zero-order chi connectivity index (χ0) is 20.1. The number of hydrogen-bond donors (Lipinski definition) is 1. The zero-order valence-electron chi connectivity index (χ0n) is 16.7. The predicted molar refractivity (Wildman–Crippen MR) is 110 cm³/mol. The summed E-state index contributed by atoms with van der Waals surface area (Å²) in [6, 6.07) is 12.2. The summed E-state index contributed by atoms with van der Waals surface area (Å²) in [6.45, 7) is 5.21. The summed E-state index contributed by atoms with van der Waals surface area (Å²) in [6.07, 6.45) is 5.55. The smallest absolute Gasteiger partial charge is 0.206 e. The van der Waals surface area contributed by atoms with Crippen LogP contribution in [0.1, 0.15) is 43.9 Å². The zero-order valence-corrected chi connectivity index (χ0v) is 16.7. The molecule has 8 heteroatoms. The summed E-state index contributed by atoms with van der Waals surface area (Å²) >= 11 is 0. The van der Waals surface area contributed by atoms with E-state index in [4.69, 9.17) is 4.98 Å². The Kier molecular flexibility index (Phi) is 5.69. The topological polar surface area (TPSA) is 98.1 Å². The second kappa shape index (κ2) is 8.72. The molecule has 0 aliphatic heterocycles. The normalized spacial score (nSPS) is 11.1. The SMILES string of the molecule is CCCc1nc(Cc2ccc(-c3ncccc3-c3nn[nH]n3)cc2)n(CCC)n1. The van der Waals surface area contributed by atoms with Gasteiger partial charge in [-0.2, -0.15) is 10.3 Å². The molecule has 0 radical (unpaired) electrons. The molecule has 0 atom stereocenters. The van der Waals surface area contributed by atoms with Crippen LogP contribution in [0, 0.1) is 0 Å². The molecule has 0 fully saturated rings. The molecule has 1 N–H and O–H groups in total. The number of H-pyrrole nitrogens is 1. The first kappa shape index (κ1) is 18.9. The Morgan fingerprint density at radius 3 is 2.62 bits per heavy atom. The Morgan fingerprint density at radius 2 is 1.90 bits per heavy atom. The van der Waals surface area contributed by atoms with Crippen LogP contribution in [0.5, 0.6) is 0 Å². The highest BCUT2D eigenvalue weighted by Gasteiger charge is 2.13. The third-order valence-corrected chi connectivity index (χ3v) is 4.68. The summed E-state index contributed by atoms with van der Waals surface area (Å²) in [5.41, 5.74) is 3.88. The highest BCUT2D eigenvalue weighted by atomic mass is 15.5. The fraction of sp³-hybridized carbons (Fsp3) is 0.333. The minimum absolute atomic E-state index is 0.535. The van der Waals surface area contributed by atoms with E-state index in [1.807, 2.05) is 16.8 Å². The molecule has 148 valence electrons. The molecule has 0 spiro atoms. The highest BCUT2D eigenvalue weighted by Crippen LogP contribution is 2.27. The number of tetrazole rings is 1. The third-order valence-electron chi connectivity index (χ3n) is 4.68. The molecule has 0 amide bonds. The molecule has 0 bridgehead atoms. The quantitative estimate of drug-likeness (QED) is 0.496. The van der Waals surface area contributed by atoms with Crippen molar-refractivity contribution >= 4 is 0 Å². The molecular weight excluding hydrogens is 364 g/mol. The number of rotatable bonds is 8. The van der Waals surface area contributed by atoms with Gasteiger partial charge in [0.1, 0.15) is 5.82 Å². The average molecular weight is 388 g/mol. The Labute approximate surface area is 169 Å². The minimum atomic E-state index is 0.535. The van der Waals surface area contributed by atoms with Crippen molar-refractivity contribution < 1.29 is 0 Å². The number of aromatic nitrogens is 8. The third kappa shape index (κ3) is 4.21. The highest BCUT2D eigenvalue weighted by molar-refractivity contribution is 5.76. The van der Waals surface area contributed by atoms with Crippen LogP contribution in [0.4, 0.5) is 0 Å². The van der Waals surface area contributed by atoms with Gasteiger partial charge in [0.25, 0.3) is 0 Å². The van der Waals surface area contributed by atoms with Gasteiger partial charge in [-0.3, -0.25) is 4.98 Å². The maximum absolute atomic E-state index is 4.75. The molecule has 1 aromatic carbocycles. The first-order chi connectivity index (χ1) is 14.3. The summed E-state index contributed by atoms with van der Waals surface area (Å²) in [5.74, 6) is 2.49. The van der Waals surface area contributed by atoms with Crippen molar-refractivity contribution in [2.75, 3.05) is 0 Å². The van der Waals surface area contributed by atoms with E-state index in [1.165, 1.54) is 5.56 Å². The van der Waals surface area contributed by atoms with E-state index in [0.717, 1.165) is 60.7 Å². The van der Waals surface area contributed by atoms with Crippen molar-refractivity contribution in [2.24, 2.45) is 0 Å². The molecule has 0 aliphatic rings. The molecule has 0 saturated carbocycles. The lowest BCUT2D eigenvalue weighted by Gasteiger charge is -2.08. The fourth-order valence-electron chi connectivity index (χ4n) is 3.33. The summed E-state index contributed by atoms with van der Waals surface area (Å²) < 4.78 is 2.05. The lowest BCUT2D eigenvalue weighted by atomic mass is 10.0. The van der Waals surface area contributed by atoms with Gasteiger partial charge in [0.05, 0.1) is 5.69 Å². The summed E-state index contributed by atoms with van der Waals surface area (Å²) in [5, 5.41) is 19.0. The monoisotopic (exact) mass is 388 g/mol. The standard InChI is InChI=1S/C21H24N8/c1-3-6-18-23-19(29(26-18)13-4-2)14-15-8-10-16(11-9-15)20-17(7-5-12-22-20)21-24-27-28-25-21/h5,7-12H,3-4,6,13-14H2,1-2H3,(H,24,25,27,28). The van der Waals surface area contributed by atoms with E-state index in [0.29, 0.717) is 5.82 Å². The Balaban J connectivity index is 1.59. The Morgan fingerprint density at radius 1 is 1.03 bits per heavy atom. The number of hydrogen-bond acceptors (Lipinski definition) is 6. The van der Waals surface area contributed by atoms with Gasteiger partial charge in [-0.15, -0.1) is 10.2 Å². The molecule has 8 nitrogen and oxygen atoms in total. The van der Waals surface area contributed by atoms with Crippen LogP contribution in [-0.2, 0) is 19.4 Å². The average Bonchev–Trinajstić information content (AvgIpc) is 3.40. The first-order valence-electron chi connectivity index (χ1n) is 9.99. The van der Waals surface area contributed by atoms with E-state index in [-0.39, 0.29) is 0 Å². The van der Waals surface area contributed by atoms with Gasteiger partial charge in [0.15, 0.2) is 5.82 Å². The fourth-order valence-corrected chi connectivity index (χ4v) is 3.33. The first-order valence-corrected chi connectivity index (χ1v) is 9.99. The van der Waals surface area contributed by atoms with Crippen LogP contribution < -0.4 is 0 Å². The van der Waals surface area contributed by atoms with E-state index in [2.05, 4.69) is 68.8 Å². The second-order valence-corrected chi connectivity index (χ2v) is 6.93. The molecule has 3 aromatic heterocycles. The van der Waals surface area contributed by atoms with Crippen LogP contribution in [0.2, 0.25) is 0 Å². The molecular formula is C21H24N8. The van der Waals surface area contributed by atoms with E-state index in [1.54, 1.807) is 6.20 Å². The molecule has 4 aromatic rings. The Bertz CT molecular complexity index is 1050. The van der Waals surface area contributed by atoms with Crippen molar-refractivity contribution in [2.45, 2.75) is 46.1 Å². The molecule has 4 rings (SSSR count). The Hall–Kier alpha value is -3.42. The number of nitrogens with zero attached hydrogens (tertiary/aromatic N) is 7. The van der Waals surface area contributed by atoms with Crippen LogP contribution in [0.15, 0.2) is 42.6 Å². The molecule has 0 aliphatic carbocycles. The summed E-state index contributed by atoms with van der Waals surface area (Å²) in [7, 11) is 0. The number of aromatic amines is 1. The van der Waals surface area contributed by atoms with Gasteiger partial charge in [0, 0.05) is 36.7 Å². The molecule has 3 heterocycles. The van der Waals surface area contributed by atoms with E-state index < -0.39 is 0 Å². The molecule has 0 unspecified atom stereocenters. The number of nitrogens with one attached hydrogen (secondary N) is 1. The van der Waals surface area contributed by atoms with E-state index >= 15 is 0 Å². The predicted octanol–water partition coefficient (Wildman–Crippen LogP) is 3.47. The molecule has 29 heavy (non-hydrogen) atoms. The maximum atomic E-state index is 4.75.